The summed E-state index contributed by atoms with van der Waals surface area (Å²) in [5.74, 6) is 0. The van der Waals surface area contributed by atoms with Crippen LogP contribution in [0.2, 0.25) is 0 Å². The van der Waals surface area contributed by atoms with E-state index in [0.717, 1.165) is 15.6 Å². The Morgan fingerprint density at radius 2 is 2.06 bits per heavy atom. The molecule has 0 aliphatic carbocycles. The molecular formula is C10H14N4O2S. The van der Waals surface area contributed by atoms with Gasteiger partial charge in [-0.05, 0) is 19.1 Å². The predicted molar refractivity (Wildman–Crippen MR) is 66.2 cm³/mol. The largest absolute Gasteiger partial charge is 0.302 e. The highest BCUT2D eigenvalue weighted by molar-refractivity contribution is 7.90. The molecule has 0 atom stereocenters. The molecule has 0 unspecified atom stereocenters. The minimum atomic E-state index is -3.48. The Hall–Kier alpha value is -1.60. The molecule has 1 N–H and O–H groups in total. The van der Waals surface area contributed by atoms with Crippen molar-refractivity contribution in [1.29, 1.82) is 0 Å². The van der Waals surface area contributed by atoms with Crippen molar-refractivity contribution in [2.45, 2.75) is 6.92 Å². The van der Waals surface area contributed by atoms with Gasteiger partial charge in [0.05, 0.1) is 5.69 Å². The summed E-state index contributed by atoms with van der Waals surface area (Å²) in [6.45, 7) is 1.84. The molecule has 0 bridgehead atoms. The van der Waals surface area contributed by atoms with Gasteiger partial charge in [0.2, 0.25) is 0 Å². The molecule has 0 amide bonds. The van der Waals surface area contributed by atoms with Crippen LogP contribution in [0.4, 0.5) is 5.69 Å². The average molecular weight is 254 g/mol. The van der Waals surface area contributed by atoms with Crippen LogP contribution in [0.5, 0.6) is 0 Å². The SMILES string of the molecule is Cc1c(NS(=O)(=O)N(C)C)ccc2nccn12. The summed E-state index contributed by atoms with van der Waals surface area (Å²) in [5.41, 5.74) is 2.13. The monoisotopic (exact) mass is 254 g/mol. The number of imidazole rings is 1. The van der Waals surface area contributed by atoms with Crippen LogP contribution in [0.1, 0.15) is 5.69 Å². The molecule has 6 nitrogen and oxygen atoms in total. The average Bonchev–Trinajstić information content (AvgIpc) is 2.70. The maximum atomic E-state index is 11.7. The Morgan fingerprint density at radius 3 is 2.71 bits per heavy atom. The highest BCUT2D eigenvalue weighted by atomic mass is 32.2. The van der Waals surface area contributed by atoms with E-state index in [4.69, 9.17) is 0 Å². The van der Waals surface area contributed by atoms with Gasteiger partial charge in [-0.3, -0.25) is 4.72 Å². The van der Waals surface area contributed by atoms with E-state index >= 15 is 0 Å². The van der Waals surface area contributed by atoms with Crippen LogP contribution in [0.3, 0.4) is 0 Å². The van der Waals surface area contributed by atoms with Gasteiger partial charge >= 0.3 is 10.2 Å². The molecule has 2 aromatic heterocycles. The number of pyridine rings is 1. The van der Waals surface area contributed by atoms with Crippen LogP contribution >= 0.6 is 0 Å². The Morgan fingerprint density at radius 1 is 1.35 bits per heavy atom. The summed E-state index contributed by atoms with van der Waals surface area (Å²) < 4.78 is 28.9. The van der Waals surface area contributed by atoms with Gasteiger partial charge in [0.15, 0.2) is 0 Å². The molecule has 0 fully saturated rings. The third kappa shape index (κ3) is 2.11. The topological polar surface area (TPSA) is 66.7 Å². The fraction of sp³-hybridized carbons (Fsp3) is 0.300. The summed E-state index contributed by atoms with van der Waals surface area (Å²) in [6, 6.07) is 3.47. The van der Waals surface area contributed by atoms with Crippen molar-refractivity contribution in [2.24, 2.45) is 0 Å². The number of rotatable bonds is 3. The zero-order valence-corrected chi connectivity index (χ0v) is 10.7. The Bertz CT molecular complexity index is 645. The molecule has 0 saturated heterocycles. The van der Waals surface area contributed by atoms with Crippen LogP contribution < -0.4 is 4.72 Å². The Kier molecular flexibility index (Phi) is 2.80. The second kappa shape index (κ2) is 4.01. The minimum absolute atomic E-state index is 0.546. The molecule has 2 rings (SSSR count). The Balaban J connectivity index is 2.47. The van der Waals surface area contributed by atoms with Gasteiger partial charge in [-0.2, -0.15) is 12.7 Å². The van der Waals surface area contributed by atoms with Crippen molar-refractivity contribution in [1.82, 2.24) is 13.7 Å². The first kappa shape index (κ1) is 11.9. The molecule has 92 valence electrons. The normalized spacial score (nSPS) is 12.2. The Labute approximate surface area is 100 Å². The van der Waals surface area contributed by atoms with Crippen molar-refractivity contribution < 1.29 is 8.42 Å². The van der Waals surface area contributed by atoms with E-state index in [2.05, 4.69) is 9.71 Å². The van der Waals surface area contributed by atoms with Crippen LogP contribution in [-0.2, 0) is 10.2 Å². The van der Waals surface area contributed by atoms with Crippen molar-refractivity contribution in [3.05, 3.63) is 30.2 Å². The number of nitrogens with one attached hydrogen (secondary N) is 1. The first-order valence-corrected chi connectivity index (χ1v) is 6.49. The number of aromatic nitrogens is 2. The number of nitrogens with zero attached hydrogens (tertiary/aromatic N) is 3. The summed E-state index contributed by atoms with van der Waals surface area (Å²) in [6.07, 6.45) is 3.46. The number of hydrogen-bond acceptors (Lipinski definition) is 3. The number of hydrogen-bond donors (Lipinski definition) is 1. The first-order valence-electron chi connectivity index (χ1n) is 5.05. The lowest BCUT2D eigenvalue weighted by atomic mass is 10.3. The fourth-order valence-corrected chi connectivity index (χ4v) is 2.14. The van der Waals surface area contributed by atoms with Gasteiger partial charge in [0, 0.05) is 32.2 Å². The van der Waals surface area contributed by atoms with Crippen LogP contribution in [0.15, 0.2) is 24.5 Å². The maximum Gasteiger partial charge on any atom is 0.301 e. The third-order valence-electron chi connectivity index (χ3n) is 2.54. The number of aryl methyl sites for hydroxylation is 1. The van der Waals surface area contributed by atoms with Crippen LogP contribution in [0.25, 0.3) is 5.65 Å². The standard InChI is InChI=1S/C10H14N4O2S/c1-8-9(12-17(15,16)13(2)3)4-5-10-11-6-7-14(8)10/h4-7,12H,1-3H3. The quantitative estimate of drug-likeness (QED) is 0.883. The smallest absolute Gasteiger partial charge is 0.301 e. The molecule has 0 aliphatic rings. The first-order chi connectivity index (χ1) is 7.92. The van der Waals surface area contributed by atoms with Gasteiger partial charge in [0.1, 0.15) is 5.65 Å². The van der Waals surface area contributed by atoms with Crippen molar-refractivity contribution in [3.8, 4) is 0 Å². The van der Waals surface area contributed by atoms with Gasteiger partial charge in [-0.1, -0.05) is 0 Å². The zero-order chi connectivity index (χ0) is 12.6. The minimum Gasteiger partial charge on any atom is -0.302 e. The molecular weight excluding hydrogens is 240 g/mol. The highest BCUT2D eigenvalue weighted by Crippen LogP contribution is 2.18. The summed E-state index contributed by atoms with van der Waals surface area (Å²) >= 11 is 0. The van der Waals surface area contributed by atoms with E-state index in [1.54, 1.807) is 24.5 Å². The fourth-order valence-electron chi connectivity index (χ4n) is 1.47. The van der Waals surface area contributed by atoms with E-state index in [1.165, 1.54) is 14.1 Å². The molecule has 2 aromatic rings. The van der Waals surface area contributed by atoms with Crippen molar-refractivity contribution in [3.63, 3.8) is 0 Å². The van der Waals surface area contributed by atoms with Crippen LogP contribution in [-0.4, -0.2) is 36.2 Å². The zero-order valence-electron chi connectivity index (χ0n) is 9.88. The lowest BCUT2D eigenvalue weighted by Gasteiger charge is -2.15. The van der Waals surface area contributed by atoms with Gasteiger partial charge in [0.25, 0.3) is 0 Å². The highest BCUT2D eigenvalue weighted by Gasteiger charge is 2.15. The number of anilines is 1. The third-order valence-corrected chi connectivity index (χ3v) is 3.98. The van der Waals surface area contributed by atoms with Gasteiger partial charge in [-0.15, -0.1) is 0 Å². The molecule has 17 heavy (non-hydrogen) atoms. The predicted octanol–water partition coefficient (Wildman–Crippen LogP) is 0.861. The number of fused-ring (bicyclic) bond motifs is 1. The van der Waals surface area contributed by atoms with E-state index in [9.17, 15) is 8.42 Å². The molecule has 0 spiro atoms. The maximum absolute atomic E-state index is 11.7. The van der Waals surface area contributed by atoms with E-state index in [-0.39, 0.29) is 0 Å². The molecule has 0 aliphatic heterocycles. The molecule has 0 radical (unpaired) electrons. The van der Waals surface area contributed by atoms with Crippen LogP contribution in [0, 0.1) is 6.92 Å². The van der Waals surface area contributed by atoms with E-state index < -0.39 is 10.2 Å². The van der Waals surface area contributed by atoms with Gasteiger partial charge < -0.3 is 4.40 Å². The second-order valence-corrected chi connectivity index (χ2v) is 5.76. The van der Waals surface area contributed by atoms with Crippen molar-refractivity contribution >= 4 is 21.5 Å². The lowest BCUT2D eigenvalue weighted by Crippen LogP contribution is -2.29. The lowest BCUT2D eigenvalue weighted by molar-refractivity contribution is 0.526. The van der Waals surface area contributed by atoms with E-state index in [1.807, 2.05) is 11.3 Å². The molecule has 7 heteroatoms. The summed E-state index contributed by atoms with van der Waals surface area (Å²) in [7, 11) is -0.517. The molecule has 2 heterocycles. The summed E-state index contributed by atoms with van der Waals surface area (Å²) in [4.78, 5) is 4.13. The van der Waals surface area contributed by atoms with Gasteiger partial charge in [-0.25, -0.2) is 4.98 Å². The summed E-state index contributed by atoms with van der Waals surface area (Å²) in [5, 5.41) is 0. The van der Waals surface area contributed by atoms with Crippen molar-refractivity contribution in [2.75, 3.05) is 18.8 Å². The molecule has 0 saturated carbocycles. The molecule has 0 aromatic carbocycles. The second-order valence-electron chi connectivity index (χ2n) is 3.88. The van der Waals surface area contributed by atoms with E-state index in [0.29, 0.717) is 5.69 Å².